The molecule has 1 aliphatic rings. The molecule has 9 heteroatoms. The molecule has 1 fully saturated rings. The van der Waals surface area contributed by atoms with E-state index in [4.69, 9.17) is 15.5 Å². The van der Waals surface area contributed by atoms with Crippen LogP contribution in [-0.2, 0) is 4.74 Å². The third-order valence-electron chi connectivity index (χ3n) is 5.74. The lowest BCUT2D eigenvalue weighted by Crippen LogP contribution is -2.37. The van der Waals surface area contributed by atoms with E-state index in [1.807, 2.05) is 30.5 Å². The summed E-state index contributed by atoms with van der Waals surface area (Å²) >= 11 is 0. The molecule has 0 bridgehead atoms. The summed E-state index contributed by atoms with van der Waals surface area (Å²) in [5.74, 6) is 1.71. The molecule has 4 heterocycles. The first kappa shape index (κ1) is 23.7. The number of rotatable bonds is 9. The number of hydrogen-bond donors (Lipinski definition) is 2. The van der Waals surface area contributed by atoms with E-state index in [0.717, 1.165) is 73.5 Å². The van der Waals surface area contributed by atoms with E-state index < -0.39 is 0 Å². The highest BCUT2D eigenvalue weighted by molar-refractivity contribution is 6.10. The molecule has 0 unspecified atom stereocenters. The van der Waals surface area contributed by atoms with E-state index >= 15 is 0 Å². The first-order chi connectivity index (χ1) is 16.6. The Morgan fingerprint density at radius 2 is 2.03 bits per heavy atom. The summed E-state index contributed by atoms with van der Waals surface area (Å²) in [5, 5.41) is 11.5. The monoisotopic (exact) mass is 460 g/mol. The highest BCUT2D eigenvalue weighted by Crippen LogP contribution is 2.21. The van der Waals surface area contributed by atoms with E-state index in [1.54, 1.807) is 18.6 Å². The average molecular weight is 461 g/mol. The van der Waals surface area contributed by atoms with Gasteiger partial charge in [0.05, 0.1) is 30.4 Å². The van der Waals surface area contributed by atoms with Crippen LogP contribution in [0.3, 0.4) is 0 Å². The number of allylic oxidation sites excluding steroid dienone is 1. The van der Waals surface area contributed by atoms with E-state index in [1.165, 1.54) is 0 Å². The molecule has 9 nitrogen and oxygen atoms in total. The first-order valence-electron chi connectivity index (χ1n) is 11.7. The number of nitrogens with one attached hydrogen (secondary N) is 1. The SMILES string of the molecule is CC(C)c1cnnc(Nc2ccc3ncc(C(C=NCCCN4CCOCC4)=CN)cc3n2)c1. The van der Waals surface area contributed by atoms with Crippen molar-refractivity contribution in [3.8, 4) is 0 Å². The fraction of sp³-hybridized carbons (Fsp3) is 0.400. The topological polar surface area (TPSA) is 114 Å². The van der Waals surface area contributed by atoms with E-state index in [9.17, 15) is 0 Å². The molecule has 1 aliphatic heterocycles. The van der Waals surface area contributed by atoms with E-state index in [2.05, 4.69) is 44.2 Å². The maximum absolute atomic E-state index is 5.90. The molecule has 0 amide bonds. The number of fused-ring (bicyclic) bond motifs is 1. The van der Waals surface area contributed by atoms with Gasteiger partial charge in [0.1, 0.15) is 5.82 Å². The van der Waals surface area contributed by atoms with Crippen LogP contribution in [0, 0.1) is 0 Å². The minimum absolute atomic E-state index is 0.370. The molecule has 0 aliphatic carbocycles. The third-order valence-corrected chi connectivity index (χ3v) is 5.74. The summed E-state index contributed by atoms with van der Waals surface area (Å²) in [7, 11) is 0. The van der Waals surface area contributed by atoms with Crippen molar-refractivity contribution in [3.05, 3.63) is 54.0 Å². The van der Waals surface area contributed by atoms with Crippen molar-refractivity contribution in [1.82, 2.24) is 25.1 Å². The van der Waals surface area contributed by atoms with Gasteiger partial charge in [0, 0.05) is 55.9 Å². The fourth-order valence-corrected chi connectivity index (χ4v) is 3.71. The van der Waals surface area contributed by atoms with Crippen LogP contribution < -0.4 is 11.1 Å². The molecule has 3 aromatic rings. The number of aromatic nitrogens is 4. The lowest BCUT2D eigenvalue weighted by Gasteiger charge is -2.26. The van der Waals surface area contributed by atoms with Crippen LogP contribution in [0.2, 0.25) is 0 Å². The number of aliphatic imine (C=N–C) groups is 1. The van der Waals surface area contributed by atoms with E-state index in [-0.39, 0.29) is 0 Å². The summed E-state index contributed by atoms with van der Waals surface area (Å²) in [4.78, 5) is 16.2. The Morgan fingerprint density at radius 3 is 2.82 bits per heavy atom. The number of pyridine rings is 2. The smallest absolute Gasteiger partial charge is 0.154 e. The second-order valence-corrected chi connectivity index (χ2v) is 8.58. The van der Waals surface area contributed by atoms with Crippen molar-refractivity contribution in [2.24, 2.45) is 10.7 Å². The number of nitrogens with two attached hydrogens (primary N) is 1. The molecule has 0 aromatic carbocycles. The minimum Gasteiger partial charge on any atom is -0.404 e. The Labute approximate surface area is 200 Å². The number of anilines is 2. The Kier molecular flexibility index (Phi) is 8.11. The number of hydrogen-bond acceptors (Lipinski definition) is 9. The van der Waals surface area contributed by atoms with Crippen LogP contribution in [0.5, 0.6) is 0 Å². The molecule has 34 heavy (non-hydrogen) atoms. The largest absolute Gasteiger partial charge is 0.404 e. The quantitative estimate of drug-likeness (QED) is 0.369. The van der Waals surface area contributed by atoms with Gasteiger partial charge in [-0.05, 0) is 42.2 Å². The predicted molar refractivity (Wildman–Crippen MR) is 136 cm³/mol. The molecule has 0 spiro atoms. The summed E-state index contributed by atoms with van der Waals surface area (Å²) in [6, 6.07) is 7.78. The molecule has 0 saturated carbocycles. The second kappa shape index (κ2) is 11.6. The van der Waals surface area contributed by atoms with Crippen molar-refractivity contribution in [1.29, 1.82) is 0 Å². The molecule has 3 N–H and O–H groups in total. The van der Waals surface area contributed by atoms with Gasteiger partial charge >= 0.3 is 0 Å². The summed E-state index contributed by atoms with van der Waals surface area (Å²) < 4.78 is 5.39. The minimum atomic E-state index is 0.370. The standard InChI is InChI=1S/C25H32N8O/c1-18(2)19-13-25(32-29-17-19)31-24-5-4-22-23(30-24)12-20(16-28-22)21(14-26)15-27-6-3-7-33-8-10-34-11-9-33/h4-5,12-18H,3,6-11,26H2,1-2H3,(H,30,31,32). The summed E-state index contributed by atoms with van der Waals surface area (Å²) in [6.45, 7) is 9.67. The molecular formula is C25H32N8O. The highest BCUT2D eigenvalue weighted by atomic mass is 16.5. The van der Waals surface area contributed by atoms with Gasteiger partial charge in [-0.15, -0.1) is 5.10 Å². The molecule has 1 saturated heterocycles. The fourth-order valence-electron chi connectivity index (χ4n) is 3.71. The van der Waals surface area contributed by atoms with Gasteiger partial charge in [-0.1, -0.05) is 13.8 Å². The lowest BCUT2D eigenvalue weighted by molar-refractivity contribution is 0.0377. The van der Waals surface area contributed by atoms with Gasteiger partial charge in [-0.25, -0.2) is 4.98 Å². The van der Waals surface area contributed by atoms with Crippen LogP contribution in [0.15, 0.2) is 47.9 Å². The van der Waals surface area contributed by atoms with Crippen LogP contribution in [-0.4, -0.2) is 70.7 Å². The molecule has 0 radical (unpaired) electrons. The van der Waals surface area contributed by atoms with Gasteiger partial charge in [-0.3, -0.25) is 14.9 Å². The van der Waals surface area contributed by atoms with Crippen LogP contribution >= 0.6 is 0 Å². The van der Waals surface area contributed by atoms with Crippen molar-refractivity contribution in [2.75, 3.05) is 44.7 Å². The zero-order valence-electron chi connectivity index (χ0n) is 19.8. The van der Waals surface area contributed by atoms with Gasteiger partial charge in [0.2, 0.25) is 0 Å². The van der Waals surface area contributed by atoms with Crippen molar-refractivity contribution < 1.29 is 4.74 Å². The molecular weight excluding hydrogens is 428 g/mol. The van der Waals surface area contributed by atoms with Crippen molar-refractivity contribution in [2.45, 2.75) is 26.2 Å². The normalized spacial score (nSPS) is 15.4. The van der Waals surface area contributed by atoms with Gasteiger partial charge in [0.25, 0.3) is 0 Å². The Bertz CT molecular complexity index is 1150. The molecule has 0 atom stereocenters. The summed E-state index contributed by atoms with van der Waals surface area (Å²) in [5.41, 5.74) is 10.3. The van der Waals surface area contributed by atoms with Crippen molar-refractivity contribution >= 4 is 34.5 Å². The molecule has 178 valence electrons. The number of morpholine rings is 1. The Hall–Kier alpha value is -3.43. The van der Waals surface area contributed by atoms with Crippen LogP contribution in [0.25, 0.3) is 16.6 Å². The van der Waals surface area contributed by atoms with Crippen LogP contribution in [0.4, 0.5) is 11.6 Å². The third kappa shape index (κ3) is 6.33. The molecule has 3 aromatic heterocycles. The van der Waals surface area contributed by atoms with Gasteiger partial charge in [-0.2, -0.15) is 5.10 Å². The van der Waals surface area contributed by atoms with Crippen LogP contribution in [0.1, 0.15) is 37.3 Å². The number of ether oxygens (including phenoxy) is 1. The predicted octanol–water partition coefficient (Wildman–Crippen LogP) is 3.38. The highest BCUT2D eigenvalue weighted by Gasteiger charge is 2.09. The lowest BCUT2D eigenvalue weighted by atomic mass is 10.1. The van der Waals surface area contributed by atoms with Gasteiger partial charge < -0.3 is 15.8 Å². The van der Waals surface area contributed by atoms with E-state index in [0.29, 0.717) is 17.6 Å². The zero-order valence-corrected chi connectivity index (χ0v) is 19.8. The zero-order chi connectivity index (χ0) is 23.8. The first-order valence-corrected chi connectivity index (χ1v) is 11.7. The maximum atomic E-state index is 5.90. The Balaban J connectivity index is 1.42. The maximum Gasteiger partial charge on any atom is 0.154 e. The molecule has 4 rings (SSSR count). The van der Waals surface area contributed by atoms with Gasteiger partial charge in [0.15, 0.2) is 5.82 Å². The summed E-state index contributed by atoms with van der Waals surface area (Å²) in [6.07, 6.45) is 7.96. The number of nitrogens with zero attached hydrogens (tertiary/aromatic N) is 6. The second-order valence-electron chi connectivity index (χ2n) is 8.58. The Morgan fingerprint density at radius 1 is 1.18 bits per heavy atom. The average Bonchev–Trinajstić information content (AvgIpc) is 2.86. The van der Waals surface area contributed by atoms with Crippen molar-refractivity contribution in [3.63, 3.8) is 0 Å².